The molecule has 0 bridgehead atoms. The fraction of sp³-hybridized carbons (Fsp3) is 0. The molecule has 0 unspecified atom stereocenters. The fourth-order valence-electron chi connectivity index (χ4n) is 8.96. The van der Waals surface area contributed by atoms with E-state index in [1.807, 2.05) is 22.7 Å². The monoisotopic (exact) mass is 774 g/mol. The summed E-state index contributed by atoms with van der Waals surface area (Å²) in [5.41, 5.74) is 11.7. The lowest BCUT2D eigenvalue weighted by Crippen LogP contribution is -2.10. The Kier molecular flexibility index (Phi) is 7.62. The Balaban J connectivity index is 1.05. The van der Waals surface area contributed by atoms with Gasteiger partial charge in [-0.25, -0.2) is 0 Å². The number of thiophene rings is 2. The van der Waals surface area contributed by atoms with E-state index in [4.69, 9.17) is 0 Å². The quantitative estimate of drug-likeness (QED) is 0.163. The largest absolute Gasteiger partial charge is 0.311 e. The van der Waals surface area contributed by atoms with Crippen molar-refractivity contribution in [2.24, 2.45) is 0 Å². The molecule has 0 aliphatic heterocycles. The lowest BCUT2D eigenvalue weighted by atomic mass is 10.0. The van der Waals surface area contributed by atoms with Gasteiger partial charge in [-0.05, 0) is 107 Å². The SMILES string of the molecule is c1ccc(-c2ccc(N(c3ccc(-c4ccccc4)cc3)c3ccc(-n4c5ccc6sc7ccccc7c6c5c5c6c(ccc54)sc4ccccc46)cc3)cc2)cc1. The molecular formula is C54H34N2S2. The summed E-state index contributed by atoms with van der Waals surface area (Å²) < 4.78 is 7.79. The summed E-state index contributed by atoms with van der Waals surface area (Å²) in [7, 11) is 0. The van der Waals surface area contributed by atoms with Gasteiger partial charge in [0, 0.05) is 73.9 Å². The molecule has 9 aromatic carbocycles. The van der Waals surface area contributed by atoms with Crippen molar-refractivity contribution in [3.05, 3.63) is 206 Å². The molecule has 272 valence electrons. The second kappa shape index (κ2) is 13.3. The van der Waals surface area contributed by atoms with Gasteiger partial charge in [0.25, 0.3) is 0 Å². The van der Waals surface area contributed by atoms with E-state index < -0.39 is 0 Å². The lowest BCUT2D eigenvalue weighted by Gasteiger charge is -2.26. The number of aromatic nitrogens is 1. The summed E-state index contributed by atoms with van der Waals surface area (Å²) in [4.78, 5) is 2.36. The van der Waals surface area contributed by atoms with Crippen LogP contribution in [0.2, 0.25) is 0 Å². The van der Waals surface area contributed by atoms with Crippen LogP contribution in [-0.2, 0) is 0 Å². The Morgan fingerprint density at radius 1 is 0.293 bits per heavy atom. The summed E-state index contributed by atoms with van der Waals surface area (Å²) in [6.45, 7) is 0. The molecule has 0 saturated heterocycles. The third-order valence-electron chi connectivity index (χ3n) is 11.6. The first-order valence-electron chi connectivity index (χ1n) is 19.7. The minimum Gasteiger partial charge on any atom is -0.311 e. The zero-order chi connectivity index (χ0) is 38.2. The van der Waals surface area contributed by atoms with Crippen molar-refractivity contribution >= 4 is 102 Å². The summed E-state index contributed by atoms with van der Waals surface area (Å²) in [6.07, 6.45) is 0. The molecule has 0 fully saturated rings. The number of hydrogen-bond acceptors (Lipinski definition) is 3. The van der Waals surface area contributed by atoms with Gasteiger partial charge < -0.3 is 9.47 Å². The molecule has 0 aliphatic rings. The Hall–Kier alpha value is -6.98. The third-order valence-corrected chi connectivity index (χ3v) is 13.9. The van der Waals surface area contributed by atoms with Crippen LogP contribution in [0.3, 0.4) is 0 Å². The van der Waals surface area contributed by atoms with Gasteiger partial charge in [-0.3, -0.25) is 0 Å². The minimum absolute atomic E-state index is 1.10. The first-order chi connectivity index (χ1) is 28.8. The third kappa shape index (κ3) is 5.23. The van der Waals surface area contributed by atoms with Crippen molar-refractivity contribution < 1.29 is 0 Å². The molecule has 0 atom stereocenters. The molecule has 0 aliphatic carbocycles. The predicted molar refractivity (Wildman–Crippen MR) is 252 cm³/mol. The van der Waals surface area contributed by atoms with E-state index in [2.05, 4.69) is 216 Å². The average molecular weight is 775 g/mol. The number of benzene rings is 9. The molecule has 0 spiro atoms. The van der Waals surface area contributed by atoms with E-state index in [0.29, 0.717) is 0 Å². The maximum absolute atomic E-state index is 2.49. The first kappa shape index (κ1) is 33.2. The van der Waals surface area contributed by atoms with Gasteiger partial charge in [-0.2, -0.15) is 0 Å². The fourth-order valence-corrected chi connectivity index (χ4v) is 11.2. The van der Waals surface area contributed by atoms with Crippen molar-refractivity contribution in [1.29, 1.82) is 0 Å². The Bertz CT molecular complexity index is 3260. The molecular weight excluding hydrogens is 741 g/mol. The van der Waals surface area contributed by atoms with Gasteiger partial charge in [0.1, 0.15) is 0 Å². The standard InChI is InChI=1S/C54H34N2S2/c1-3-11-35(12-4-1)37-19-23-39(24-20-37)55(40-25-21-38(22-26-40)36-13-5-2-6-14-36)41-27-29-42(30-28-41)56-45-31-33-49-51(43-15-7-9-17-47(43)57-49)53(45)54-46(56)32-34-50-52(54)44-16-8-10-18-48(44)58-50/h1-34H. The van der Waals surface area contributed by atoms with E-state index in [9.17, 15) is 0 Å². The summed E-state index contributed by atoms with van der Waals surface area (Å²) >= 11 is 3.78. The van der Waals surface area contributed by atoms with Gasteiger partial charge in [0.05, 0.1) is 11.0 Å². The smallest absolute Gasteiger partial charge is 0.0548 e. The van der Waals surface area contributed by atoms with Crippen molar-refractivity contribution in [3.8, 4) is 27.9 Å². The molecule has 0 N–H and O–H groups in total. The number of rotatable bonds is 6. The average Bonchev–Trinajstić information content (AvgIpc) is 3.97. The molecule has 3 heterocycles. The minimum atomic E-state index is 1.10. The number of nitrogens with zero attached hydrogens (tertiary/aromatic N) is 2. The first-order valence-corrected chi connectivity index (χ1v) is 21.3. The maximum atomic E-state index is 2.49. The Morgan fingerprint density at radius 3 is 1.12 bits per heavy atom. The van der Waals surface area contributed by atoms with Gasteiger partial charge in [-0.15, -0.1) is 22.7 Å². The molecule has 0 amide bonds. The molecule has 12 aromatic rings. The van der Waals surface area contributed by atoms with Gasteiger partial charge >= 0.3 is 0 Å². The molecule has 4 heteroatoms. The van der Waals surface area contributed by atoms with Crippen LogP contribution in [0.5, 0.6) is 0 Å². The summed E-state index contributed by atoms with van der Waals surface area (Å²) in [5, 5.41) is 8.02. The Morgan fingerprint density at radius 2 is 0.672 bits per heavy atom. The highest BCUT2D eigenvalue weighted by Crippen LogP contribution is 2.48. The zero-order valence-electron chi connectivity index (χ0n) is 31.3. The van der Waals surface area contributed by atoms with Gasteiger partial charge in [-0.1, -0.05) is 121 Å². The predicted octanol–water partition coefficient (Wildman–Crippen LogP) is 16.3. The van der Waals surface area contributed by atoms with Gasteiger partial charge in [0.2, 0.25) is 0 Å². The van der Waals surface area contributed by atoms with Crippen molar-refractivity contribution in [1.82, 2.24) is 4.57 Å². The van der Waals surface area contributed by atoms with Crippen LogP contribution in [0.1, 0.15) is 0 Å². The summed E-state index contributed by atoms with van der Waals surface area (Å²) in [5.74, 6) is 0. The second-order valence-corrected chi connectivity index (χ2v) is 17.0. The molecule has 0 saturated carbocycles. The van der Waals surface area contributed by atoms with Crippen molar-refractivity contribution in [2.45, 2.75) is 0 Å². The molecule has 0 radical (unpaired) electrons. The summed E-state index contributed by atoms with van der Waals surface area (Å²) in [6, 6.07) is 75.3. The highest BCUT2D eigenvalue weighted by molar-refractivity contribution is 7.26. The number of anilines is 3. The molecule has 2 nitrogen and oxygen atoms in total. The van der Waals surface area contributed by atoms with Crippen LogP contribution >= 0.6 is 22.7 Å². The topological polar surface area (TPSA) is 8.17 Å². The number of fused-ring (bicyclic) bond motifs is 11. The normalized spacial score (nSPS) is 11.8. The molecule has 58 heavy (non-hydrogen) atoms. The van der Waals surface area contributed by atoms with Gasteiger partial charge in [0.15, 0.2) is 0 Å². The zero-order valence-corrected chi connectivity index (χ0v) is 33.0. The van der Waals surface area contributed by atoms with Crippen LogP contribution in [0.25, 0.3) is 90.1 Å². The Labute approximate surface area is 343 Å². The van der Waals surface area contributed by atoms with E-state index in [1.165, 1.54) is 84.4 Å². The highest BCUT2D eigenvalue weighted by Gasteiger charge is 2.22. The van der Waals surface area contributed by atoms with Crippen molar-refractivity contribution in [2.75, 3.05) is 4.90 Å². The van der Waals surface area contributed by atoms with E-state index in [1.54, 1.807) is 0 Å². The molecule has 3 aromatic heterocycles. The van der Waals surface area contributed by atoms with Crippen LogP contribution < -0.4 is 4.90 Å². The van der Waals surface area contributed by atoms with Crippen LogP contribution in [0, 0.1) is 0 Å². The van der Waals surface area contributed by atoms with E-state index >= 15 is 0 Å². The lowest BCUT2D eigenvalue weighted by molar-refractivity contribution is 1.18. The maximum Gasteiger partial charge on any atom is 0.0548 e. The number of hydrogen-bond donors (Lipinski definition) is 0. The van der Waals surface area contributed by atoms with Crippen LogP contribution in [-0.4, -0.2) is 4.57 Å². The van der Waals surface area contributed by atoms with Crippen LogP contribution in [0.15, 0.2) is 206 Å². The highest BCUT2D eigenvalue weighted by atomic mass is 32.1. The molecule has 12 rings (SSSR count). The van der Waals surface area contributed by atoms with E-state index in [0.717, 1.165) is 22.7 Å². The van der Waals surface area contributed by atoms with E-state index in [-0.39, 0.29) is 0 Å². The van der Waals surface area contributed by atoms with Crippen molar-refractivity contribution in [3.63, 3.8) is 0 Å². The second-order valence-electron chi connectivity index (χ2n) is 14.9. The van der Waals surface area contributed by atoms with Crippen LogP contribution in [0.4, 0.5) is 17.1 Å².